The Morgan fingerprint density at radius 3 is 1.92 bits per heavy atom. The molecule has 1 atom stereocenters. The zero-order valence-corrected chi connectivity index (χ0v) is 9.90. The smallest absolute Gasteiger partial charge is 0.308 e. The molecule has 3 heteroatoms. The largest absolute Gasteiger partial charge is 0.596 e. The minimum absolute atomic E-state index is 0.358. The van der Waals surface area contributed by atoms with Gasteiger partial charge in [0.2, 0.25) is 0 Å². The highest BCUT2D eigenvalue weighted by molar-refractivity contribution is 7.36. The summed E-state index contributed by atoms with van der Waals surface area (Å²) in [5, 5.41) is 0. The van der Waals surface area contributed by atoms with Crippen LogP contribution in [0.3, 0.4) is 0 Å². The molecule has 0 rings (SSSR count). The second-order valence-corrected chi connectivity index (χ2v) is 4.83. The van der Waals surface area contributed by atoms with Crippen LogP contribution in [0.25, 0.3) is 0 Å². The van der Waals surface area contributed by atoms with Crippen LogP contribution in [0.4, 0.5) is 0 Å². The summed E-state index contributed by atoms with van der Waals surface area (Å²) in [7, 11) is -2.17. The number of hydrogen-bond acceptors (Lipinski definition) is 2. The van der Waals surface area contributed by atoms with Gasteiger partial charge >= 0.3 is 8.03 Å². The van der Waals surface area contributed by atoms with Crippen LogP contribution in [0, 0.1) is 5.41 Å². The Balaban J connectivity index is 3.88. The summed E-state index contributed by atoms with van der Waals surface area (Å²) in [5.74, 6) is 0. The molecule has 0 heterocycles. The molecule has 78 valence electrons. The summed E-state index contributed by atoms with van der Waals surface area (Å²) in [6.07, 6.45) is 5.73. The zero-order chi connectivity index (χ0) is 10.3. The van der Waals surface area contributed by atoms with Crippen molar-refractivity contribution in [1.29, 1.82) is 0 Å². The first kappa shape index (κ1) is 13.1. The van der Waals surface area contributed by atoms with Crippen molar-refractivity contribution in [2.75, 3.05) is 6.16 Å². The van der Waals surface area contributed by atoms with Crippen molar-refractivity contribution in [1.82, 2.24) is 0 Å². The van der Waals surface area contributed by atoms with Gasteiger partial charge in [0.25, 0.3) is 0 Å². The Bertz CT molecular complexity index is 145. The molecular formula is C10H21O2P. The van der Waals surface area contributed by atoms with E-state index in [1.807, 2.05) is 0 Å². The molecule has 0 spiro atoms. The Morgan fingerprint density at radius 2 is 1.62 bits per heavy atom. The topological polar surface area (TPSA) is 40.1 Å². The quantitative estimate of drug-likeness (QED) is 0.598. The highest BCUT2D eigenvalue weighted by Crippen LogP contribution is 2.36. The minimum Gasteiger partial charge on any atom is -0.596 e. The average molecular weight is 204 g/mol. The summed E-state index contributed by atoms with van der Waals surface area (Å²) in [4.78, 5) is 10.4. The number of rotatable bonds is 7. The van der Waals surface area contributed by atoms with Gasteiger partial charge in [-0.1, -0.05) is 44.6 Å². The molecule has 0 aromatic rings. The number of hydrogen-bond donors (Lipinski definition) is 0. The lowest BCUT2D eigenvalue weighted by Gasteiger charge is -2.29. The fraction of sp³-hybridized carbons (Fsp3) is 1.00. The van der Waals surface area contributed by atoms with Gasteiger partial charge < -0.3 is 4.89 Å². The molecule has 0 aromatic carbocycles. The van der Waals surface area contributed by atoms with Gasteiger partial charge in [-0.25, -0.2) is 0 Å². The molecule has 0 N–H and O–H groups in total. The summed E-state index contributed by atoms with van der Waals surface area (Å²) >= 11 is 0. The van der Waals surface area contributed by atoms with Gasteiger partial charge in [-0.05, 0) is 18.3 Å². The highest BCUT2D eigenvalue weighted by Gasteiger charge is 2.23. The first-order valence-electron chi connectivity index (χ1n) is 5.22. The summed E-state index contributed by atoms with van der Waals surface area (Å²) in [5.41, 5.74) is 0.394. The Kier molecular flexibility index (Phi) is 6.53. The van der Waals surface area contributed by atoms with Gasteiger partial charge in [-0.3, -0.25) is 0 Å². The van der Waals surface area contributed by atoms with Crippen LogP contribution in [0.15, 0.2) is 0 Å². The molecule has 0 saturated carbocycles. The molecule has 0 amide bonds. The average Bonchev–Trinajstić information content (AvgIpc) is 2.13. The second-order valence-electron chi connectivity index (χ2n) is 3.72. The zero-order valence-electron chi connectivity index (χ0n) is 9.01. The normalized spacial score (nSPS) is 13.1. The van der Waals surface area contributed by atoms with Gasteiger partial charge in [0.1, 0.15) is 6.16 Å². The molecule has 0 fully saturated rings. The maximum Gasteiger partial charge on any atom is 0.308 e. The van der Waals surface area contributed by atoms with Gasteiger partial charge in [0, 0.05) is 0 Å². The summed E-state index contributed by atoms with van der Waals surface area (Å²) in [6, 6.07) is 0. The molecule has 0 aliphatic heterocycles. The third-order valence-corrected chi connectivity index (χ3v) is 3.98. The molecule has 2 nitrogen and oxygen atoms in total. The van der Waals surface area contributed by atoms with Crippen molar-refractivity contribution in [3.8, 4) is 0 Å². The maximum absolute atomic E-state index is 10.4. The molecule has 0 aliphatic carbocycles. The van der Waals surface area contributed by atoms with Gasteiger partial charge in [0.05, 0.1) is 0 Å². The van der Waals surface area contributed by atoms with Gasteiger partial charge in [-0.15, -0.1) is 0 Å². The van der Waals surface area contributed by atoms with E-state index in [4.69, 9.17) is 0 Å². The standard InChI is InChI=1S/C10H21O2P/c1-4-10(5-2,6-3)8-7-9-13(11)12/h4-9H2,1-3H3. The monoisotopic (exact) mass is 204 g/mol. The van der Waals surface area contributed by atoms with Crippen molar-refractivity contribution in [2.45, 2.75) is 52.9 Å². The predicted molar refractivity (Wildman–Crippen MR) is 55.0 cm³/mol. The van der Waals surface area contributed by atoms with Crippen molar-refractivity contribution < 1.29 is 9.46 Å². The summed E-state index contributed by atoms with van der Waals surface area (Å²) in [6.45, 7) is 6.60. The SMILES string of the molecule is CCC(CC)(CC)CCC[P+](=O)[O-]. The van der Waals surface area contributed by atoms with Crippen LogP contribution >= 0.6 is 8.03 Å². The first-order chi connectivity index (χ1) is 6.10. The molecule has 0 aliphatic rings. The fourth-order valence-electron chi connectivity index (χ4n) is 1.86. The highest BCUT2D eigenvalue weighted by atomic mass is 31.1. The van der Waals surface area contributed by atoms with Crippen molar-refractivity contribution >= 4 is 8.03 Å². The van der Waals surface area contributed by atoms with E-state index in [2.05, 4.69) is 20.8 Å². The van der Waals surface area contributed by atoms with E-state index in [-0.39, 0.29) is 0 Å². The molecule has 1 unspecified atom stereocenters. The predicted octanol–water partition coefficient (Wildman–Crippen LogP) is 3.09. The van der Waals surface area contributed by atoms with Crippen LogP contribution in [0.1, 0.15) is 52.9 Å². The molecule has 0 radical (unpaired) electrons. The van der Waals surface area contributed by atoms with Crippen LogP contribution in [0.5, 0.6) is 0 Å². The van der Waals surface area contributed by atoms with Crippen LogP contribution in [-0.4, -0.2) is 6.16 Å². The third kappa shape index (κ3) is 4.73. The van der Waals surface area contributed by atoms with Gasteiger partial charge in [0.15, 0.2) is 0 Å². The van der Waals surface area contributed by atoms with Crippen molar-refractivity contribution in [3.05, 3.63) is 0 Å². The first-order valence-corrected chi connectivity index (χ1v) is 6.58. The van der Waals surface area contributed by atoms with Gasteiger partial charge in [-0.2, -0.15) is 0 Å². The second kappa shape index (κ2) is 6.50. The maximum atomic E-state index is 10.4. The molecule has 0 bridgehead atoms. The molecule has 0 saturated heterocycles. The van der Waals surface area contributed by atoms with E-state index in [1.165, 1.54) is 0 Å². The van der Waals surface area contributed by atoms with Crippen LogP contribution in [-0.2, 0) is 4.57 Å². The van der Waals surface area contributed by atoms with Crippen LogP contribution < -0.4 is 4.89 Å². The van der Waals surface area contributed by atoms with E-state index < -0.39 is 8.03 Å². The Hall–Kier alpha value is 0.0600. The third-order valence-electron chi connectivity index (χ3n) is 3.30. The lowest BCUT2D eigenvalue weighted by Crippen LogP contribution is -2.17. The van der Waals surface area contributed by atoms with Crippen LogP contribution in [0.2, 0.25) is 0 Å². The van der Waals surface area contributed by atoms with E-state index in [9.17, 15) is 9.46 Å². The van der Waals surface area contributed by atoms with E-state index in [0.717, 1.165) is 32.1 Å². The lowest BCUT2D eigenvalue weighted by atomic mass is 9.76. The fourth-order valence-corrected chi connectivity index (χ4v) is 2.28. The van der Waals surface area contributed by atoms with E-state index >= 15 is 0 Å². The Labute approximate surface area is 82.6 Å². The van der Waals surface area contributed by atoms with E-state index in [0.29, 0.717) is 11.6 Å². The Morgan fingerprint density at radius 1 is 1.15 bits per heavy atom. The summed E-state index contributed by atoms with van der Waals surface area (Å²) < 4.78 is 10.4. The molecular weight excluding hydrogens is 183 g/mol. The molecule has 13 heavy (non-hydrogen) atoms. The lowest BCUT2D eigenvalue weighted by molar-refractivity contribution is -0.164. The van der Waals surface area contributed by atoms with E-state index in [1.54, 1.807) is 0 Å². The van der Waals surface area contributed by atoms with Crippen molar-refractivity contribution in [3.63, 3.8) is 0 Å². The van der Waals surface area contributed by atoms with Crippen molar-refractivity contribution in [2.24, 2.45) is 5.41 Å². The molecule has 0 aromatic heterocycles. The minimum atomic E-state index is -2.17.